The Bertz CT molecular complexity index is 408. The van der Waals surface area contributed by atoms with Crippen molar-refractivity contribution in [3.8, 4) is 0 Å². The van der Waals surface area contributed by atoms with Crippen molar-refractivity contribution in [1.82, 2.24) is 10.2 Å². The van der Waals surface area contributed by atoms with Crippen LogP contribution in [0.5, 0.6) is 0 Å². The summed E-state index contributed by atoms with van der Waals surface area (Å²) in [5, 5.41) is 2.06. The summed E-state index contributed by atoms with van der Waals surface area (Å²) in [5.74, 6) is -0.399. The molecule has 0 aliphatic heterocycles. The lowest BCUT2D eigenvalue weighted by Crippen LogP contribution is -2.38. The Morgan fingerprint density at radius 1 is 1.50 bits per heavy atom. The Balaban J connectivity index is 2.33. The van der Waals surface area contributed by atoms with E-state index in [2.05, 4.69) is 5.32 Å². The zero-order chi connectivity index (χ0) is 13.8. The van der Waals surface area contributed by atoms with Crippen LogP contribution in [0.25, 0.3) is 0 Å². The molecular weight excluding hydrogens is 289 g/mol. The van der Waals surface area contributed by atoms with E-state index >= 15 is 0 Å². The monoisotopic (exact) mass is 300 g/mol. The lowest BCUT2D eigenvalue weighted by Gasteiger charge is -2.17. The van der Waals surface area contributed by atoms with Gasteiger partial charge in [0, 0.05) is 11.9 Å². The number of thiophene rings is 1. The van der Waals surface area contributed by atoms with Gasteiger partial charge in [-0.2, -0.15) is 13.2 Å². The van der Waals surface area contributed by atoms with Crippen molar-refractivity contribution in [2.24, 2.45) is 0 Å². The van der Waals surface area contributed by atoms with Crippen LogP contribution in [0.2, 0.25) is 4.34 Å². The molecule has 0 aliphatic rings. The van der Waals surface area contributed by atoms with Crippen molar-refractivity contribution in [1.29, 1.82) is 0 Å². The van der Waals surface area contributed by atoms with Gasteiger partial charge in [0.15, 0.2) is 0 Å². The van der Waals surface area contributed by atoms with Crippen molar-refractivity contribution in [2.45, 2.75) is 12.7 Å². The van der Waals surface area contributed by atoms with Crippen LogP contribution < -0.4 is 5.32 Å². The first-order chi connectivity index (χ1) is 8.28. The van der Waals surface area contributed by atoms with E-state index in [0.29, 0.717) is 10.9 Å². The molecule has 0 saturated heterocycles. The van der Waals surface area contributed by atoms with Crippen LogP contribution in [-0.2, 0) is 11.3 Å². The second-order valence-electron chi connectivity index (χ2n) is 3.67. The number of hydrogen-bond donors (Lipinski definition) is 1. The summed E-state index contributed by atoms with van der Waals surface area (Å²) in [6.45, 7) is -1.17. The predicted molar refractivity (Wildman–Crippen MR) is 64.7 cm³/mol. The van der Waals surface area contributed by atoms with Gasteiger partial charge >= 0.3 is 6.18 Å². The van der Waals surface area contributed by atoms with Crippen molar-refractivity contribution in [2.75, 3.05) is 20.1 Å². The van der Waals surface area contributed by atoms with Gasteiger partial charge in [0.05, 0.1) is 24.0 Å². The molecule has 0 spiro atoms. The first-order valence-electron chi connectivity index (χ1n) is 5.03. The molecule has 0 unspecified atom stereocenters. The third kappa shape index (κ3) is 5.70. The van der Waals surface area contributed by atoms with Crippen LogP contribution in [0.3, 0.4) is 0 Å². The number of carbonyl (C=O) groups excluding carboxylic acids is 1. The first-order valence-corrected chi connectivity index (χ1v) is 6.23. The predicted octanol–water partition coefficient (Wildman–Crippen LogP) is 2.51. The average molecular weight is 301 g/mol. The van der Waals surface area contributed by atoms with Gasteiger partial charge in [0.25, 0.3) is 0 Å². The maximum Gasteiger partial charge on any atom is 0.401 e. The van der Waals surface area contributed by atoms with Crippen molar-refractivity contribution in [3.63, 3.8) is 0 Å². The minimum Gasteiger partial charge on any atom is -0.340 e. The summed E-state index contributed by atoms with van der Waals surface area (Å²) in [5.41, 5.74) is 0. The topological polar surface area (TPSA) is 32.3 Å². The van der Waals surface area contributed by atoms with E-state index in [9.17, 15) is 18.0 Å². The lowest BCUT2D eigenvalue weighted by molar-refractivity contribution is -0.133. The van der Waals surface area contributed by atoms with Crippen LogP contribution >= 0.6 is 22.9 Å². The molecule has 1 aromatic heterocycles. The number of nitrogens with zero attached hydrogens (tertiary/aromatic N) is 1. The maximum atomic E-state index is 11.9. The Morgan fingerprint density at radius 2 is 2.17 bits per heavy atom. The van der Waals surface area contributed by atoms with Crippen LogP contribution in [-0.4, -0.2) is 37.1 Å². The number of carbonyl (C=O) groups is 1. The highest BCUT2D eigenvalue weighted by molar-refractivity contribution is 7.16. The van der Waals surface area contributed by atoms with E-state index in [0.717, 1.165) is 4.88 Å². The molecule has 3 nitrogen and oxygen atoms in total. The van der Waals surface area contributed by atoms with E-state index in [-0.39, 0.29) is 6.54 Å². The lowest BCUT2D eigenvalue weighted by atomic mass is 10.4. The molecule has 1 aromatic rings. The summed E-state index contributed by atoms with van der Waals surface area (Å²) in [6.07, 6.45) is -4.31. The normalized spacial score (nSPS) is 11.6. The zero-order valence-corrected chi connectivity index (χ0v) is 11.1. The summed E-state index contributed by atoms with van der Waals surface area (Å²) in [4.78, 5) is 13.7. The largest absolute Gasteiger partial charge is 0.401 e. The Hall–Kier alpha value is -0.790. The Morgan fingerprint density at radius 3 is 2.67 bits per heavy atom. The number of halogens is 4. The van der Waals surface area contributed by atoms with Crippen LogP contribution in [0.15, 0.2) is 12.1 Å². The third-order valence-electron chi connectivity index (χ3n) is 2.05. The van der Waals surface area contributed by atoms with E-state index in [4.69, 9.17) is 11.6 Å². The highest BCUT2D eigenvalue weighted by atomic mass is 35.5. The van der Waals surface area contributed by atoms with Gasteiger partial charge in [-0.05, 0) is 12.1 Å². The number of alkyl halides is 3. The van der Waals surface area contributed by atoms with E-state index in [1.165, 1.54) is 23.3 Å². The molecule has 1 heterocycles. The first kappa shape index (κ1) is 15.3. The molecule has 0 fully saturated rings. The van der Waals surface area contributed by atoms with Gasteiger partial charge in [0.1, 0.15) is 0 Å². The molecule has 0 bridgehead atoms. The van der Waals surface area contributed by atoms with Crippen LogP contribution in [0.1, 0.15) is 4.88 Å². The van der Waals surface area contributed by atoms with Crippen molar-refractivity contribution >= 4 is 28.8 Å². The fraction of sp³-hybridized carbons (Fsp3) is 0.500. The highest BCUT2D eigenvalue weighted by Crippen LogP contribution is 2.22. The van der Waals surface area contributed by atoms with Gasteiger partial charge in [-0.15, -0.1) is 11.3 Å². The SMILES string of the molecule is CN(Cc1ccc(Cl)s1)C(=O)CNCC(F)(F)F. The molecule has 1 N–H and O–H groups in total. The summed E-state index contributed by atoms with van der Waals surface area (Å²) in [7, 11) is 1.53. The molecule has 102 valence electrons. The minimum absolute atomic E-state index is 0.337. The van der Waals surface area contributed by atoms with E-state index < -0.39 is 18.6 Å². The average Bonchev–Trinajstić information content (AvgIpc) is 2.61. The number of rotatable bonds is 5. The number of hydrogen-bond acceptors (Lipinski definition) is 3. The summed E-state index contributed by atoms with van der Waals surface area (Å²) in [6, 6.07) is 3.49. The summed E-state index contributed by atoms with van der Waals surface area (Å²) >= 11 is 7.07. The molecule has 0 aliphatic carbocycles. The zero-order valence-electron chi connectivity index (χ0n) is 9.55. The maximum absolute atomic E-state index is 11.9. The molecule has 18 heavy (non-hydrogen) atoms. The number of nitrogens with one attached hydrogen (secondary N) is 1. The fourth-order valence-corrected chi connectivity index (χ4v) is 2.35. The Kier molecular flexibility index (Phi) is 5.43. The van der Waals surface area contributed by atoms with Gasteiger partial charge < -0.3 is 10.2 Å². The Labute approximate surface area is 112 Å². The molecule has 0 atom stereocenters. The van der Waals surface area contributed by atoms with Gasteiger partial charge in [-0.3, -0.25) is 4.79 Å². The third-order valence-corrected chi connectivity index (χ3v) is 3.27. The van der Waals surface area contributed by atoms with Gasteiger partial charge in [0.2, 0.25) is 5.91 Å². The van der Waals surface area contributed by atoms with Gasteiger partial charge in [-0.25, -0.2) is 0 Å². The standard InChI is InChI=1S/C10H12ClF3N2OS/c1-16(5-7-2-3-8(11)18-7)9(17)4-15-6-10(12,13)14/h2-3,15H,4-6H2,1H3. The number of likely N-dealkylation sites (N-methyl/N-ethyl adjacent to an activating group) is 1. The molecule has 1 rings (SSSR count). The van der Waals surface area contributed by atoms with E-state index in [1.54, 1.807) is 12.1 Å². The molecule has 8 heteroatoms. The fourth-order valence-electron chi connectivity index (χ4n) is 1.20. The quantitative estimate of drug-likeness (QED) is 0.906. The second kappa shape index (κ2) is 6.40. The summed E-state index contributed by atoms with van der Waals surface area (Å²) < 4.78 is 36.2. The molecule has 1 amide bonds. The highest BCUT2D eigenvalue weighted by Gasteiger charge is 2.26. The smallest absolute Gasteiger partial charge is 0.340 e. The molecule has 0 radical (unpaired) electrons. The second-order valence-corrected chi connectivity index (χ2v) is 5.47. The van der Waals surface area contributed by atoms with E-state index in [1.807, 2.05) is 0 Å². The number of amides is 1. The molecule has 0 saturated carbocycles. The molecule has 0 aromatic carbocycles. The van der Waals surface area contributed by atoms with Crippen LogP contribution in [0, 0.1) is 0 Å². The van der Waals surface area contributed by atoms with Crippen molar-refractivity contribution in [3.05, 3.63) is 21.3 Å². The van der Waals surface area contributed by atoms with Gasteiger partial charge in [-0.1, -0.05) is 11.6 Å². The van der Waals surface area contributed by atoms with Crippen LogP contribution in [0.4, 0.5) is 13.2 Å². The minimum atomic E-state index is -4.31. The van der Waals surface area contributed by atoms with Crippen molar-refractivity contribution < 1.29 is 18.0 Å². The molecular formula is C10H12ClF3N2OS.